The van der Waals surface area contributed by atoms with Crippen LogP contribution in [0.3, 0.4) is 0 Å². The molecule has 0 spiro atoms. The maximum atomic E-state index is 12.1. The molecule has 3 atom stereocenters. The fourth-order valence-electron chi connectivity index (χ4n) is 3.14. The molecule has 0 aliphatic heterocycles. The molecule has 2 nitrogen and oxygen atoms in total. The minimum Gasteiger partial charge on any atom is -0.393 e. The van der Waals surface area contributed by atoms with Gasteiger partial charge in [-0.05, 0) is 31.1 Å². The zero-order valence-electron chi connectivity index (χ0n) is 10.4. The molecule has 1 aliphatic carbocycles. The first-order chi connectivity index (χ1) is 6.84. The number of ketones is 1. The summed E-state index contributed by atoms with van der Waals surface area (Å²) in [5, 5.41) is 9.29. The van der Waals surface area contributed by atoms with E-state index in [2.05, 4.69) is 20.8 Å². The van der Waals surface area contributed by atoms with Gasteiger partial charge in [0.1, 0.15) is 5.78 Å². The van der Waals surface area contributed by atoms with Crippen molar-refractivity contribution in [2.24, 2.45) is 17.3 Å². The molecule has 0 aromatic rings. The van der Waals surface area contributed by atoms with Crippen LogP contribution >= 0.6 is 0 Å². The Morgan fingerprint density at radius 2 is 2.13 bits per heavy atom. The van der Waals surface area contributed by atoms with Crippen molar-refractivity contribution in [3.05, 3.63) is 0 Å². The minimum atomic E-state index is -0.498. The largest absolute Gasteiger partial charge is 0.393 e. The van der Waals surface area contributed by atoms with Gasteiger partial charge in [-0.3, -0.25) is 4.79 Å². The standard InChI is InChI=1S/C13H24O2/c1-9-6-5-7-13(3,4)12(9)11(15)8-10(2)14/h9-10,12,14H,5-8H2,1-4H3/t9-,10?,12-/m0/s1. The predicted molar refractivity (Wildman–Crippen MR) is 61.6 cm³/mol. The van der Waals surface area contributed by atoms with Crippen LogP contribution in [-0.4, -0.2) is 17.0 Å². The summed E-state index contributed by atoms with van der Waals surface area (Å²) in [5.41, 5.74) is 0.115. The summed E-state index contributed by atoms with van der Waals surface area (Å²) < 4.78 is 0. The third-order valence-corrected chi connectivity index (χ3v) is 3.74. The molecule has 0 bridgehead atoms. The lowest BCUT2D eigenvalue weighted by molar-refractivity contribution is -0.132. The molecule has 1 N–H and O–H groups in total. The van der Waals surface area contributed by atoms with Gasteiger partial charge < -0.3 is 5.11 Å². The van der Waals surface area contributed by atoms with E-state index in [0.717, 1.165) is 12.8 Å². The van der Waals surface area contributed by atoms with Gasteiger partial charge in [0.05, 0.1) is 6.10 Å². The number of carbonyl (C=O) groups excluding carboxylic acids is 1. The van der Waals surface area contributed by atoms with Crippen LogP contribution < -0.4 is 0 Å². The summed E-state index contributed by atoms with van der Waals surface area (Å²) in [6.07, 6.45) is 3.33. The molecule has 0 saturated heterocycles. The highest BCUT2D eigenvalue weighted by Crippen LogP contribution is 2.44. The van der Waals surface area contributed by atoms with Crippen molar-refractivity contribution in [3.8, 4) is 0 Å². The molecule has 0 heterocycles. The van der Waals surface area contributed by atoms with E-state index in [4.69, 9.17) is 0 Å². The van der Waals surface area contributed by atoms with Crippen LogP contribution in [0.1, 0.15) is 53.4 Å². The van der Waals surface area contributed by atoms with E-state index in [1.165, 1.54) is 6.42 Å². The Kier molecular flexibility index (Phi) is 3.93. The number of Topliss-reactive ketones (excluding diaryl/α,β-unsaturated/α-hetero) is 1. The normalized spacial score (nSPS) is 32.3. The van der Waals surface area contributed by atoms with Crippen LogP contribution in [0.25, 0.3) is 0 Å². The molecular weight excluding hydrogens is 188 g/mol. The Bertz CT molecular complexity index is 231. The first-order valence-electron chi connectivity index (χ1n) is 6.05. The zero-order chi connectivity index (χ0) is 11.6. The number of hydrogen-bond acceptors (Lipinski definition) is 2. The summed E-state index contributed by atoms with van der Waals surface area (Å²) in [5.74, 6) is 0.864. The smallest absolute Gasteiger partial charge is 0.139 e. The van der Waals surface area contributed by atoms with E-state index < -0.39 is 6.10 Å². The van der Waals surface area contributed by atoms with Gasteiger partial charge in [0.15, 0.2) is 0 Å². The molecule has 0 radical (unpaired) electrons. The molecule has 1 saturated carbocycles. The lowest BCUT2D eigenvalue weighted by Crippen LogP contribution is -2.40. The lowest BCUT2D eigenvalue weighted by atomic mass is 9.62. The summed E-state index contributed by atoms with van der Waals surface area (Å²) in [4.78, 5) is 12.1. The Labute approximate surface area is 93.1 Å². The van der Waals surface area contributed by atoms with Gasteiger partial charge in [-0.15, -0.1) is 0 Å². The second kappa shape index (κ2) is 4.65. The van der Waals surface area contributed by atoms with Crippen molar-refractivity contribution in [1.82, 2.24) is 0 Å². The minimum absolute atomic E-state index is 0.115. The topological polar surface area (TPSA) is 37.3 Å². The first-order valence-corrected chi connectivity index (χ1v) is 6.05. The average molecular weight is 212 g/mol. The molecule has 0 aromatic heterocycles. The predicted octanol–water partition coefficient (Wildman–Crippen LogP) is 2.79. The van der Waals surface area contributed by atoms with Gasteiger partial charge in [-0.1, -0.05) is 27.2 Å². The summed E-state index contributed by atoms with van der Waals surface area (Å²) in [6.45, 7) is 8.24. The van der Waals surface area contributed by atoms with Crippen molar-refractivity contribution in [3.63, 3.8) is 0 Å². The quantitative estimate of drug-likeness (QED) is 0.781. The maximum Gasteiger partial charge on any atom is 0.139 e. The molecule has 1 fully saturated rings. The molecule has 0 aromatic carbocycles. The van der Waals surface area contributed by atoms with Crippen LogP contribution in [0.5, 0.6) is 0 Å². The van der Waals surface area contributed by atoms with Gasteiger partial charge >= 0.3 is 0 Å². The van der Waals surface area contributed by atoms with E-state index in [9.17, 15) is 9.90 Å². The number of aliphatic hydroxyl groups excluding tert-OH is 1. The first kappa shape index (κ1) is 12.7. The zero-order valence-corrected chi connectivity index (χ0v) is 10.4. The lowest BCUT2D eigenvalue weighted by Gasteiger charge is -2.42. The Balaban J connectivity index is 2.74. The van der Waals surface area contributed by atoms with E-state index in [-0.39, 0.29) is 17.1 Å². The van der Waals surface area contributed by atoms with Crippen molar-refractivity contribution < 1.29 is 9.90 Å². The Hall–Kier alpha value is -0.370. The summed E-state index contributed by atoms with van der Waals surface area (Å²) in [7, 11) is 0. The third-order valence-electron chi connectivity index (χ3n) is 3.74. The van der Waals surface area contributed by atoms with Crippen LogP contribution in [0.15, 0.2) is 0 Å². The molecule has 1 aliphatic rings. The molecule has 1 unspecified atom stereocenters. The van der Waals surface area contributed by atoms with Gasteiger partial charge in [-0.2, -0.15) is 0 Å². The summed E-state index contributed by atoms with van der Waals surface area (Å²) >= 11 is 0. The van der Waals surface area contributed by atoms with E-state index in [0.29, 0.717) is 12.3 Å². The molecule has 15 heavy (non-hydrogen) atoms. The Morgan fingerprint density at radius 3 is 2.60 bits per heavy atom. The number of carbonyl (C=O) groups is 1. The maximum absolute atomic E-state index is 12.1. The highest BCUT2D eigenvalue weighted by molar-refractivity contribution is 5.82. The fraction of sp³-hybridized carbons (Fsp3) is 0.923. The molecule has 88 valence electrons. The van der Waals surface area contributed by atoms with Crippen molar-refractivity contribution in [2.45, 2.75) is 59.5 Å². The van der Waals surface area contributed by atoms with Crippen molar-refractivity contribution in [1.29, 1.82) is 0 Å². The molecular formula is C13H24O2. The van der Waals surface area contributed by atoms with Gasteiger partial charge in [0.25, 0.3) is 0 Å². The second-order valence-electron chi connectivity index (χ2n) is 5.86. The highest BCUT2D eigenvalue weighted by Gasteiger charge is 2.41. The van der Waals surface area contributed by atoms with Crippen molar-refractivity contribution in [2.75, 3.05) is 0 Å². The second-order valence-corrected chi connectivity index (χ2v) is 5.86. The average Bonchev–Trinajstić information content (AvgIpc) is 1.99. The molecule has 0 amide bonds. The van der Waals surface area contributed by atoms with E-state index in [1.807, 2.05) is 0 Å². The van der Waals surface area contributed by atoms with E-state index >= 15 is 0 Å². The number of aliphatic hydroxyl groups is 1. The Morgan fingerprint density at radius 1 is 1.53 bits per heavy atom. The van der Waals surface area contributed by atoms with Crippen LogP contribution in [0.4, 0.5) is 0 Å². The summed E-state index contributed by atoms with van der Waals surface area (Å²) in [6, 6.07) is 0. The van der Waals surface area contributed by atoms with Crippen LogP contribution in [0.2, 0.25) is 0 Å². The molecule has 1 rings (SSSR count). The number of rotatable bonds is 3. The third kappa shape index (κ3) is 3.04. The highest BCUT2D eigenvalue weighted by atomic mass is 16.3. The van der Waals surface area contributed by atoms with Crippen molar-refractivity contribution >= 4 is 5.78 Å². The van der Waals surface area contributed by atoms with Crippen LogP contribution in [-0.2, 0) is 4.79 Å². The SMILES string of the molecule is CC(O)CC(=O)[C@@H]1[C@@H](C)CCCC1(C)C. The molecule has 2 heteroatoms. The van der Waals surface area contributed by atoms with Crippen LogP contribution in [0, 0.1) is 17.3 Å². The van der Waals surface area contributed by atoms with Gasteiger partial charge in [0.2, 0.25) is 0 Å². The monoisotopic (exact) mass is 212 g/mol. The number of hydrogen-bond donors (Lipinski definition) is 1. The van der Waals surface area contributed by atoms with Gasteiger partial charge in [-0.25, -0.2) is 0 Å². The van der Waals surface area contributed by atoms with Gasteiger partial charge in [0, 0.05) is 12.3 Å². The van der Waals surface area contributed by atoms with E-state index in [1.54, 1.807) is 6.92 Å². The fourth-order valence-corrected chi connectivity index (χ4v) is 3.14.